The summed E-state index contributed by atoms with van der Waals surface area (Å²) in [6.45, 7) is 3.62. The molecule has 1 fully saturated rings. The molecule has 0 unspecified atom stereocenters. The third kappa shape index (κ3) is 4.07. The van der Waals surface area contributed by atoms with Crippen LogP contribution in [0.2, 0.25) is 0 Å². The first kappa shape index (κ1) is 15.5. The molecule has 0 radical (unpaired) electrons. The topological polar surface area (TPSA) is 55.6 Å². The molecule has 1 heterocycles. The molecule has 0 N–H and O–H groups in total. The summed E-state index contributed by atoms with van der Waals surface area (Å²) in [6, 6.07) is 14.6. The molecule has 23 heavy (non-hydrogen) atoms. The zero-order valence-electron chi connectivity index (χ0n) is 13.0. The van der Waals surface area contributed by atoms with Crippen LogP contribution < -0.4 is 4.74 Å². The van der Waals surface area contributed by atoms with Crippen molar-refractivity contribution in [2.45, 2.75) is 26.0 Å². The van der Waals surface area contributed by atoms with Crippen LogP contribution in [0, 0.1) is 10.1 Å². The summed E-state index contributed by atoms with van der Waals surface area (Å²) in [5.41, 5.74) is 2.21. The van der Waals surface area contributed by atoms with E-state index in [1.807, 2.05) is 18.2 Å². The molecule has 0 aromatic heterocycles. The Hall–Kier alpha value is -2.40. The van der Waals surface area contributed by atoms with Crippen LogP contribution in [-0.2, 0) is 13.2 Å². The number of nitrogens with zero attached hydrogens (tertiary/aromatic N) is 2. The van der Waals surface area contributed by atoms with Crippen molar-refractivity contribution in [3.8, 4) is 5.75 Å². The van der Waals surface area contributed by atoms with E-state index < -0.39 is 4.92 Å². The van der Waals surface area contributed by atoms with Crippen molar-refractivity contribution in [1.82, 2.24) is 4.90 Å². The molecule has 2 aromatic rings. The van der Waals surface area contributed by atoms with Crippen LogP contribution in [-0.4, -0.2) is 22.9 Å². The Balaban J connectivity index is 1.64. The van der Waals surface area contributed by atoms with E-state index in [0.29, 0.717) is 6.61 Å². The lowest BCUT2D eigenvalue weighted by atomic mass is 10.2. The molecule has 120 valence electrons. The Labute approximate surface area is 135 Å². The highest BCUT2D eigenvalue weighted by Gasteiger charge is 2.14. The summed E-state index contributed by atoms with van der Waals surface area (Å²) in [5, 5.41) is 10.7. The number of non-ortho nitro benzene ring substituents is 1. The fourth-order valence-corrected chi connectivity index (χ4v) is 2.83. The molecule has 1 aliphatic heterocycles. The molecule has 1 aliphatic rings. The SMILES string of the molecule is O=[N+]([O-])c1ccc(COc2ccccc2CN2CCCC2)cc1. The number of benzene rings is 2. The number of ether oxygens (including phenoxy) is 1. The maximum absolute atomic E-state index is 10.7. The Morgan fingerprint density at radius 3 is 2.43 bits per heavy atom. The van der Waals surface area contributed by atoms with Gasteiger partial charge in [0, 0.05) is 24.2 Å². The highest BCUT2D eigenvalue weighted by Crippen LogP contribution is 2.23. The highest BCUT2D eigenvalue weighted by atomic mass is 16.6. The maximum atomic E-state index is 10.7. The average molecular weight is 312 g/mol. The summed E-state index contributed by atoms with van der Waals surface area (Å²) >= 11 is 0. The average Bonchev–Trinajstić information content (AvgIpc) is 3.07. The van der Waals surface area contributed by atoms with Crippen LogP contribution in [0.25, 0.3) is 0 Å². The number of hydrogen-bond donors (Lipinski definition) is 0. The molecular weight excluding hydrogens is 292 g/mol. The number of hydrogen-bond acceptors (Lipinski definition) is 4. The second kappa shape index (κ2) is 7.24. The van der Waals surface area contributed by atoms with Gasteiger partial charge in [-0.25, -0.2) is 0 Å². The van der Waals surface area contributed by atoms with E-state index in [1.165, 1.54) is 30.5 Å². The smallest absolute Gasteiger partial charge is 0.269 e. The first-order valence-electron chi connectivity index (χ1n) is 7.89. The third-order valence-electron chi connectivity index (χ3n) is 4.11. The number of likely N-dealkylation sites (tertiary alicyclic amines) is 1. The Kier molecular flexibility index (Phi) is 4.88. The molecule has 0 aliphatic carbocycles. The molecule has 0 amide bonds. The van der Waals surface area contributed by atoms with Crippen LogP contribution in [0.15, 0.2) is 48.5 Å². The van der Waals surface area contributed by atoms with E-state index in [0.717, 1.165) is 30.9 Å². The minimum atomic E-state index is -0.393. The minimum absolute atomic E-state index is 0.100. The zero-order chi connectivity index (χ0) is 16.1. The molecule has 1 saturated heterocycles. The summed E-state index contributed by atoms with van der Waals surface area (Å²) in [4.78, 5) is 12.7. The Bertz CT molecular complexity index is 664. The van der Waals surface area contributed by atoms with Crippen molar-refractivity contribution in [3.63, 3.8) is 0 Å². The van der Waals surface area contributed by atoms with Crippen molar-refractivity contribution in [1.29, 1.82) is 0 Å². The molecule has 3 rings (SSSR count). The second-order valence-electron chi connectivity index (χ2n) is 5.80. The first-order valence-corrected chi connectivity index (χ1v) is 7.89. The standard InChI is InChI=1S/C18H20N2O3/c21-20(22)17-9-7-15(8-10-17)14-23-18-6-2-1-5-16(18)13-19-11-3-4-12-19/h1-2,5-10H,3-4,11-14H2. The van der Waals surface area contributed by atoms with E-state index in [1.54, 1.807) is 12.1 Å². The largest absolute Gasteiger partial charge is 0.489 e. The summed E-state index contributed by atoms with van der Waals surface area (Å²) in [5.74, 6) is 0.887. The zero-order valence-corrected chi connectivity index (χ0v) is 13.0. The van der Waals surface area contributed by atoms with Crippen molar-refractivity contribution in [3.05, 3.63) is 69.8 Å². The van der Waals surface area contributed by atoms with Crippen molar-refractivity contribution in [2.75, 3.05) is 13.1 Å². The Morgan fingerprint density at radius 2 is 1.74 bits per heavy atom. The van der Waals surface area contributed by atoms with E-state index in [4.69, 9.17) is 4.74 Å². The lowest BCUT2D eigenvalue weighted by Gasteiger charge is -2.17. The predicted molar refractivity (Wildman–Crippen MR) is 88.4 cm³/mol. The summed E-state index contributed by atoms with van der Waals surface area (Å²) in [7, 11) is 0. The fraction of sp³-hybridized carbons (Fsp3) is 0.333. The number of nitro benzene ring substituents is 1. The van der Waals surface area contributed by atoms with Gasteiger partial charge >= 0.3 is 0 Å². The van der Waals surface area contributed by atoms with Crippen molar-refractivity contribution < 1.29 is 9.66 Å². The van der Waals surface area contributed by atoms with Gasteiger partial charge in [0.25, 0.3) is 5.69 Å². The van der Waals surface area contributed by atoms with Gasteiger partial charge in [0.1, 0.15) is 12.4 Å². The molecule has 0 atom stereocenters. The molecule has 0 bridgehead atoms. The predicted octanol–water partition coefficient (Wildman–Crippen LogP) is 3.77. The maximum Gasteiger partial charge on any atom is 0.269 e. The van der Waals surface area contributed by atoms with Crippen LogP contribution in [0.4, 0.5) is 5.69 Å². The molecular formula is C18H20N2O3. The van der Waals surface area contributed by atoms with Gasteiger partial charge in [-0.2, -0.15) is 0 Å². The lowest BCUT2D eigenvalue weighted by Crippen LogP contribution is -2.18. The quantitative estimate of drug-likeness (QED) is 0.602. The lowest BCUT2D eigenvalue weighted by molar-refractivity contribution is -0.384. The number of nitro groups is 1. The summed E-state index contributed by atoms with van der Waals surface area (Å²) in [6.07, 6.45) is 2.54. The van der Waals surface area contributed by atoms with Gasteiger partial charge in [-0.05, 0) is 49.7 Å². The fourth-order valence-electron chi connectivity index (χ4n) is 2.83. The van der Waals surface area contributed by atoms with E-state index in [9.17, 15) is 10.1 Å². The first-order chi connectivity index (χ1) is 11.2. The second-order valence-corrected chi connectivity index (χ2v) is 5.80. The van der Waals surface area contributed by atoms with Crippen LogP contribution in [0.1, 0.15) is 24.0 Å². The molecule has 2 aromatic carbocycles. The minimum Gasteiger partial charge on any atom is -0.489 e. The molecule has 5 heteroatoms. The van der Waals surface area contributed by atoms with E-state index in [-0.39, 0.29) is 5.69 Å². The summed E-state index contributed by atoms with van der Waals surface area (Å²) < 4.78 is 5.94. The molecule has 0 saturated carbocycles. The van der Waals surface area contributed by atoms with Gasteiger partial charge in [-0.1, -0.05) is 18.2 Å². The number of rotatable bonds is 6. The van der Waals surface area contributed by atoms with Gasteiger partial charge in [0.15, 0.2) is 0 Å². The van der Waals surface area contributed by atoms with Gasteiger partial charge in [0.05, 0.1) is 4.92 Å². The molecule has 0 spiro atoms. The monoisotopic (exact) mass is 312 g/mol. The third-order valence-corrected chi connectivity index (χ3v) is 4.11. The van der Waals surface area contributed by atoms with E-state index in [2.05, 4.69) is 11.0 Å². The van der Waals surface area contributed by atoms with E-state index >= 15 is 0 Å². The van der Waals surface area contributed by atoms with Crippen LogP contribution in [0.5, 0.6) is 5.75 Å². The van der Waals surface area contributed by atoms with Crippen LogP contribution in [0.3, 0.4) is 0 Å². The van der Waals surface area contributed by atoms with Crippen molar-refractivity contribution >= 4 is 5.69 Å². The van der Waals surface area contributed by atoms with Crippen LogP contribution >= 0.6 is 0 Å². The van der Waals surface area contributed by atoms with Gasteiger partial charge < -0.3 is 4.74 Å². The van der Waals surface area contributed by atoms with Gasteiger partial charge in [-0.3, -0.25) is 15.0 Å². The van der Waals surface area contributed by atoms with Gasteiger partial charge in [0.2, 0.25) is 0 Å². The van der Waals surface area contributed by atoms with Gasteiger partial charge in [-0.15, -0.1) is 0 Å². The van der Waals surface area contributed by atoms with Crippen molar-refractivity contribution in [2.24, 2.45) is 0 Å². The number of para-hydroxylation sites is 1. The molecule has 5 nitrogen and oxygen atoms in total. The Morgan fingerprint density at radius 1 is 1.04 bits per heavy atom. The highest BCUT2D eigenvalue weighted by molar-refractivity contribution is 5.35. The normalized spacial score (nSPS) is 14.8.